The van der Waals surface area contributed by atoms with Gasteiger partial charge in [-0.25, -0.2) is 4.79 Å². The average Bonchev–Trinajstić information content (AvgIpc) is 2.77. The molecule has 0 aromatic rings. The first-order valence-corrected chi connectivity index (χ1v) is 5.93. The van der Waals surface area contributed by atoms with Gasteiger partial charge < -0.3 is 20.5 Å². The second-order valence-corrected chi connectivity index (χ2v) is 4.69. The third-order valence-corrected chi connectivity index (χ3v) is 3.47. The zero-order chi connectivity index (χ0) is 13.2. The molecular weight excluding hydrogens is 240 g/mol. The first kappa shape index (κ1) is 12.8. The van der Waals surface area contributed by atoms with Gasteiger partial charge in [0, 0.05) is 39.0 Å². The van der Waals surface area contributed by atoms with Gasteiger partial charge in [0.05, 0.1) is 5.92 Å². The topological polar surface area (TPSA) is 105 Å². The molecule has 0 bridgehead atoms. The first-order chi connectivity index (χ1) is 8.53. The molecule has 0 spiro atoms. The Labute approximate surface area is 104 Å². The Morgan fingerprint density at radius 2 is 2.06 bits per heavy atom. The van der Waals surface area contributed by atoms with Gasteiger partial charge in [-0.05, 0) is 0 Å². The van der Waals surface area contributed by atoms with Crippen LogP contribution in [0.1, 0.15) is 19.3 Å². The molecule has 2 amide bonds. The van der Waals surface area contributed by atoms with Crippen LogP contribution >= 0.6 is 0 Å². The molecule has 0 radical (unpaired) electrons. The van der Waals surface area contributed by atoms with Gasteiger partial charge in [-0.1, -0.05) is 0 Å². The lowest BCUT2D eigenvalue weighted by atomic mass is 9.89. The van der Waals surface area contributed by atoms with Gasteiger partial charge in [0.2, 0.25) is 11.8 Å². The van der Waals surface area contributed by atoms with E-state index in [-0.39, 0.29) is 37.6 Å². The SMILES string of the molecule is O=C1CC(C(=O)NC2(C(=O)O)CCOCC2)CN1. The van der Waals surface area contributed by atoms with Crippen LogP contribution in [0.15, 0.2) is 0 Å². The maximum Gasteiger partial charge on any atom is 0.329 e. The summed E-state index contributed by atoms with van der Waals surface area (Å²) in [6.45, 7) is 0.903. The highest BCUT2D eigenvalue weighted by Gasteiger charge is 2.43. The number of hydrogen-bond acceptors (Lipinski definition) is 4. The number of carbonyl (C=O) groups excluding carboxylic acids is 2. The molecular formula is C11H16N2O5. The van der Waals surface area contributed by atoms with Crippen LogP contribution in [0.5, 0.6) is 0 Å². The van der Waals surface area contributed by atoms with Crippen molar-refractivity contribution in [2.24, 2.45) is 5.92 Å². The van der Waals surface area contributed by atoms with E-state index < -0.39 is 17.4 Å². The Morgan fingerprint density at radius 1 is 1.39 bits per heavy atom. The van der Waals surface area contributed by atoms with Crippen LogP contribution in [-0.2, 0) is 19.1 Å². The molecule has 7 heteroatoms. The van der Waals surface area contributed by atoms with Crippen LogP contribution in [0.3, 0.4) is 0 Å². The molecule has 1 unspecified atom stereocenters. The number of carbonyl (C=O) groups is 3. The van der Waals surface area contributed by atoms with Crippen LogP contribution in [0.4, 0.5) is 0 Å². The molecule has 2 fully saturated rings. The van der Waals surface area contributed by atoms with Gasteiger partial charge in [0.1, 0.15) is 5.54 Å². The van der Waals surface area contributed by atoms with E-state index in [1.165, 1.54) is 0 Å². The molecule has 3 N–H and O–H groups in total. The van der Waals surface area contributed by atoms with Crippen molar-refractivity contribution in [2.75, 3.05) is 19.8 Å². The van der Waals surface area contributed by atoms with E-state index in [2.05, 4.69) is 10.6 Å². The quantitative estimate of drug-likeness (QED) is 0.593. The predicted octanol–water partition coefficient (Wildman–Crippen LogP) is -1.13. The van der Waals surface area contributed by atoms with Crippen LogP contribution in [0.2, 0.25) is 0 Å². The number of carboxylic acids is 1. The summed E-state index contributed by atoms with van der Waals surface area (Å²) in [5, 5.41) is 14.4. The van der Waals surface area contributed by atoms with Crippen molar-refractivity contribution in [1.82, 2.24) is 10.6 Å². The number of ether oxygens (including phenoxy) is 1. The van der Waals surface area contributed by atoms with Gasteiger partial charge in [-0.2, -0.15) is 0 Å². The van der Waals surface area contributed by atoms with Gasteiger partial charge in [-0.3, -0.25) is 9.59 Å². The molecule has 0 aliphatic carbocycles. The summed E-state index contributed by atoms with van der Waals surface area (Å²) in [7, 11) is 0. The second-order valence-electron chi connectivity index (χ2n) is 4.69. The highest BCUT2D eigenvalue weighted by molar-refractivity contribution is 5.92. The largest absolute Gasteiger partial charge is 0.480 e. The fraction of sp³-hybridized carbons (Fsp3) is 0.727. The van der Waals surface area contributed by atoms with Gasteiger partial charge in [-0.15, -0.1) is 0 Å². The number of hydrogen-bond donors (Lipinski definition) is 3. The van der Waals surface area contributed by atoms with Crippen molar-refractivity contribution < 1.29 is 24.2 Å². The maximum absolute atomic E-state index is 12.0. The van der Waals surface area contributed by atoms with Gasteiger partial charge >= 0.3 is 5.97 Å². The monoisotopic (exact) mass is 256 g/mol. The van der Waals surface area contributed by atoms with Crippen molar-refractivity contribution in [1.29, 1.82) is 0 Å². The van der Waals surface area contributed by atoms with E-state index in [1.807, 2.05) is 0 Å². The Kier molecular flexibility index (Phi) is 3.51. The third-order valence-electron chi connectivity index (χ3n) is 3.47. The van der Waals surface area contributed by atoms with Crippen LogP contribution in [-0.4, -0.2) is 48.2 Å². The van der Waals surface area contributed by atoms with Crippen molar-refractivity contribution >= 4 is 17.8 Å². The summed E-state index contributed by atoms with van der Waals surface area (Å²) in [5.41, 5.74) is -1.25. The maximum atomic E-state index is 12.0. The van der Waals surface area contributed by atoms with Crippen molar-refractivity contribution in [3.8, 4) is 0 Å². The molecule has 2 aliphatic heterocycles. The number of nitrogens with one attached hydrogen (secondary N) is 2. The third kappa shape index (κ3) is 2.45. The molecule has 100 valence electrons. The standard InChI is InChI=1S/C11H16N2O5/c14-8-5-7(6-12-8)9(15)13-11(10(16)17)1-3-18-4-2-11/h7H,1-6H2,(H,12,14)(H,13,15)(H,16,17). The minimum absolute atomic E-state index is 0.123. The Hall–Kier alpha value is -1.63. The molecule has 7 nitrogen and oxygen atoms in total. The van der Waals surface area contributed by atoms with E-state index in [9.17, 15) is 19.5 Å². The van der Waals surface area contributed by atoms with E-state index in [1.54, 1.807) is 0 Å². The lowest BCUT2D eigenvalue weighted by Crippen LogP contribution is -2.58. The highest BCUT2D eigenvalue weighted by atomic mass is 16.5. The lowest BCUT2D eigenvalue weighted by Gasteiger charge is -2.34. The van der Waals surface area contributed by atoms with Crippen molar-refractivity contribution in [3.05, 3.63) is 0 Å². The molecule has 2 saturated heterocycles. The number of carboxylic acid groups (broad SMARTS) is 1. The number of amides is 2. The zero-order valence-corrected chi connectivity index (χ0v) is 9.90. The lowest BCUT2D eigenvalue weighted by molar-refractivity contribution is -0.152. The Bertz CT molecular complexity index is 376. The molecule has 2 heterocycles. The zero-order valence-electron chi connectivity index (χ0n) is 9.90. The first-order valence-electron chi connectivity index (χ1n) is 5.93. The number of rotatable bonds is 3. The summed E-state index contributed by atoms with van der Waals surface area (Å²) in [5.74, 6) is -2.07. The van der Waals surface area contributed by atoms with Crippen LogP contribution in [0, 0.1) is 5.92 Å². The van der Waals surface area contributed by atoms with Crippen LogP contribution < -0.4 is 10.6 Å². The van der Waals surface area contributed by atoms with E-state index in [0.717, 1.165) is 0 Å². The van der Waals surface area contributed by atoms with Gasteiger partial charge in [0.15, 0.2) is 0 Å². The van der Waals surface area contributed by atoms with E-state index in [4.69, 9.17) is 4.74 Å². The predicted molar refractivity (Wildman–Crippen MR) is 59.7 cm³/mol. The fourth-order valence-electron chi connectivity index (χ4n) is 2.24. The molecule has 1 atom stereocenters. The Balaban J connectivity index is 2.02. The summed E-state index contributed by atoms with van der Waals surface area (Å²) >= 11 is 0. The minimum atomic E-state index is -1.25. The molecule has 18 heavy (non-hydrogen) atoms. The molecule has 0 saturated carbocycles. The van der Waals surface area contributed by atoms with Crippen molar-refractivity contribution in [3.63, 3.8) is 0 Å². The normalized spacial score (nSPS) is 26.4. The minimum Gasteiger partial charge on any atom is -0.480 e. The summed E-state index contributed by atoms with van der Waals surface area (Å²) in [6.07, 6.45) is 0.627. The second kappa shape index (κ2) is 4.93. The molecule has 2 aliphatic rings. The summed E-state index contributed by atoms with van der Waals surface area (Å²) < 4.78 is 5.12. The van der Waals surface area contributed by atoms with Crippen LogP contribution in [0.25, 0.3) is 0 Å². The van der Waals surface area contributed by atoms with E-state index in [0.29, 0.717) is 13.2 Å². The summed E-state index contributed by atoms with van der Waals surface area (Å²) in [4.78, 5) is 34.3. The van der Waals surface area contributed by atoms with Crippen molar-refractivity contribution in [2.45, 2.75) is 24.8 Å². The van der Waals surface area contributed by atoms with Gasteiger partial charge in [0.25, 0.3) is 0 Å². The number of aliphatic carboxylic acids is 1. The van der Waals surface area contributed by atoms with E-state index >= 15 is 0 Å². The highest BCUT2D eigenvalue weighted by Crippen LogP contribution is 2.22. The molecule has 0 aromatic heterocycles. The average molecular weight is 256 g/mol. The fourth-order valence-corrected chi connectivity index (χ4v) is 2.24. The summed E-state index contributed by atoms with van der Waals surface area (Å²) in [6, 6.07) is 0. The Morgan fingerprint density at radius 3 is 2.56 bits per heavy atom. The molecule has 0 aromatic carbocycles. The smallest absolute Gasteiger partial charge is 0.329 e. The molecule has 2 rings (SSSR count).